The summed E-state index contributed by atoms with van der Waals surface area (Å²) in [5.74, 6) is -0.238. The summed E-state index contributed by atoms with van der Waals surface area (Å²) in [7, 11) is 0. The van der Waals surface area contributed by atoms with Crippen molar-refractivity contribution >= 4 is 17.1 Å². The fraction of sp³-hybridized carbons (Fsp3) is 0.700. The van der Waals surface area contributed by atoms with Gasteiger partial charge in [0.2, 0.25) is 0 Å². The van der Waals surface area contributed by atoms with Gasteiger partial charge in [-0.2, -0.15) is 9.97 Å². The number of rotatable bonds is 10. The SMILES string of the molecule is CCCCOc1nc(C)c2[nH]c(=O)n(CCN3CCC(CCC(=O)O)CC3)c2n1. The number of carboxylic acids is 1. The number of unbranched alkanes of at least 4 members (excludes halogenated alkanes) is 1. The van der Waals surface area contributed by atoms with Crippen molar-refractivity contribution in [3.63, 3.8) is 0 Å². The molecule has 0 spiro atoms. The van der Waals surface area contributed by atoms with Crippen LogP contribution in [0.2, 0.25) is 0 Å². The van der Waals surface area contributed by atoms with Crippen LogP contribution in [-0.4, -0.2) is 61.7 Å². The Labute approximate surface area is 170 Å². The van der Waals surface area contributed by atoms with Crippen LogP contribution in [0.5, 0.6) is 6.01 Å². The third-order valence-electron chi connectivity index (χ3n) is 5.63. The minimum absolute atomic E-state index is 0.181. The number of hydrogen-bond donors (Lipinski definition) is 2. The smallest absolute Gasteiger partial charge is 0.327 e. The van der Waals surface area contributed by atoms with Crippen molar-refractivity contribution in [1.29, 1.82) is 0 Å². The molecule has 1 aliphatic heterocycles. The second-order valence-corrected chi connectivity index (χ2v) is 7.79. The summed E-state index contributed by atoms with van der Waals surface area (Å²) >= 11 is 0. The highest BCUT2D eigenvalue weighted by atomic mass is 16.5. The van der Waals surface area contributed by atoms with E-state index in [1.807, 2.05) is 6.92 Å². The number of aromatic amines is 1. The third kappa shape index (κ3) is 5.56. The van der Waals surface area contributed by atoms with Crippen LogP contribution in [0.15, 0.2) is 4.79 Å². The number of piperidine rings is 1. The van der Waals surface area contributed by atoms with Gasteiger partial charge in [-0.05, 0) is 51.6 Å². The van der Waals surface area contributed by atoms with E-state index in [9.17, 15) is 9.59 Å². The molecular formula is C20H31N5O4. The predicted octanol–water partition coefficient (Wildman–Crippen LogP) is 2.18. The molecule has 0 aromatic carbocycles. The van der Waals surface area contributed by atoms with Crippen LogP contribution in [0.3, 0.4) is 0 Å². The molecule has 0 unspecified atom stereocenters. The molecule has 160 valence electrons. The zero-order chi connectivity index (χ0) is 20.8. The Hall–Kier alpha value is -2.42. The molecular weight excluding hydrogens is 374 g/mol. The van der Waals surface area contributed by atoms with Crippen LogP contribution in [0.4, 0.5) is 0 Å². The number of nitrogens with zero attached hydrogens (tertiary/aromatic N) is 4. The molecule has 29 heavy (non-hydrogen) atoms. The maximum Gasteiger partial charge on any atom is 0.327 e. The fourth-order valence-corrected chi connectivity index (χ4v) is 3.79. The van der Waals surface area contributed by atoms with Gasteiger partial charge < -0.3 is 19.7 Å². The molecule has 9 heteroatoms. The van der Waals surface area contributed by atoms with Crippen LogP contribution >= 0.6 is 0 Å². The first-order valence-electron chi connectivity index (χ1n) is 10.5. The lowest BCUT2D eigenvalue weighted by Gasteiger charge is -2.31. The minimum Gasteiger partial charge on any atom is -0.481 e. The Kier molecular flexibility index (Phi) is 7.24. The van der Waals surface area contributed by atoms with E-state index in [0.717, 1.165) is 51.7 Å². The number of H-pyrrole nitrogens is 1. The first-order valence-corrected chi connectivity index (χ1v) is 10.5. The highest BCUT2D eigenvalue weighted by molar-refractivity contribution is 5.73. The molecule has 0 bridgehead atoms. The van der Waals surface area contributed by atoms with Gasteiger partial charge in [0, 0.05) is 19.5 Å². The summed E-state index contributed by atoms with van der Waals surface area (Å²) in [6.45, 7) is 7.67. The standard InChI is InChI=1S/C20H31N5O4/c1-3-4-13-29-19-21-14(2)17-18(23-19)25(20(28)22-17)12-11-24-9-7-15(8-10-24)5-6-16(26)27/h15H,3-13H2,1-2H3,(H,22,28)(H,26,27). The van der Waals surface area contributed by atoms with Crippen molar-refractivity contribution in [2.45, 2.75) is 58.9 Å². The van der Waals surface area contributed by atoms with E-state index in [0.29, 0.717) is 41.9 Å². The molecule has 2 N–H and O–H groups in total. The highest BCUT2D eigenvalue weighted by Crippen LogP contribution is 2.22. The molecule has 0 saturated carbocycles. The largest absolute Gasteiger partial charge is 0.481 e. The highest BCUT2D eigenvalue weighted by Gasteiger charge is 2.21. The zero-order valence-electron chi connectivity index (χ0n) is 17.3. The van der Waals surface area contributed by atoms with Gasteiger partial charge >= 0.3 is 17.7 Å². The number of carboxylic acid groups (broad SMARTS) is 1. The van der Waals surface area contributed by atoms with Crippen molar-refractivity contribution in [1.82, 2.24) is 24.4 Å². The molecule has 1 saturated heterocycles. The van der Waals surface area contributed by atoms with Crippen LogP contribution in [0, 0.1) is 12.8 Å². The van der Waals surface area contributed by atoms with E-state index in [1.165, 1.54) is 0 Å². The second-order valence-electron chi connectivity index (χ2n) is 7.79. The predicted molar refractivity (Wildman–Crippen MR) is 109 cm³/mol. The summed E-state index contributed by atoms with van der Waals surface area (Å²) in [5.41, 5.74) is 1.77. The third-order valence-corrected chi connectivity index (χ3v) is 5.63. The Balaban J connectivity index is 1.62. The van der Waals surface area contributed by atoms with Crippen molar-refractivity contribution < 1.29 is 14.6 Å². The average Bonchev–Trinajstić information content (AvgIpc) is 3.01. The van der Waals surface area contributed by atoms with Crippen molar-refractivity contribution in [2.75, 3.05) is 26.2 Å². The van der Waals surface area contributed by atoms with Crippen LogP contribution in [0.25, 0.3) is 11.2 Å². The van der Waals surface area contributed by atoms with E-state index in [4.69, 9.17) is 9.84 Å². The van der Waals surface area contributed by atoms with Gasteiger partial charge in [-0.15, -0.1) is 0 Å². The number of aromatic nitrogens is 4. The average molecular weight is 405 g/mol. The van der Waals surface area contributed by atoms with Gasteiger partial charge in [0.25, 0.3) is 0 Å². The number of fused-ring (bicyclic) bond motifs is 1. The Morgan fingerprint density at radius 1 is 1.28 bits per heavy atom. The summed E-state index contributed by atoms with van der Waals surface area (Å²) in [6, 6.07) is 0.315. The van der Waals surface area contributed by atoms with E-state index < -0.39 is 5.97 Å². The van der Waals surface area contributed by atoms with Gasteiger partial charge in [0.05, 0.1) is 12.3 Å². The molecule has 0 amide bonds. The van der Waals surface area contributed by atoms with Gasteiger partial charge in [-0.1, -0.05) is 13.3 Å². The molecule has 1 fully saturated rings. The van der Waals surface area contributed by atoms with E-state index >= 15 is 0 Å². The van der Waals surface area contributed by atoms with Crippen molar-refractivity contribution in [2.24, 2.45) is 5.92 Å². The lowest BCUT2D eigenvalue weighted by Crippen LogP contribution is -2.37. The number of ether oxygens (including phenoxy) is 1. The molecule has 3 heterocycles. The maximum absolute atomic E-state index is 12.5. The number of likely N-dealkylation sites (tertiary alicyclic amines) is 1. The van der Waals surface area contributed by atoms with E-state index in [1.54, 1.807) is 4.57 Å². The molecule has 3 rings (SSSR count). The normalized spacial score (nSPS) is 15.8. The number of carbonyl (C=O) groups is 1. The van der Waals surface area contributed by atoms with Crippen molar-refractivity contribution in [3.8, 4) is 6.01 Å². The fourth-order valence-electron chi connectivity index (χ4n) is 3.79. The number of aryl methyl sites for hydroxylation is 1. The van der Waals surface area contributed by atoms with Crippen molar-refractivity contribution in [3.05, 3.63) is 16.2 Å². The summed E-state index contributed by atoms with van der Waals surface area (Å²) in [6.07, 6.45) is 4.98. The van der Waals surface area contributed by atoms with Crippen LogP contribution in [0.1, 0.15) is 51.1 Å². The van der Waals surface area contributed by atoms with E-state index in [2.05, 4.69) is 26.8 Å². The number of aliphatic carboxylic acids is 1. The Morgan fingerprint density at radius 3 is 2.72 bits per heavy atom. The van der Waals surface area contributed by atoms with E-state index in [-0.39, 0.29) is 12.1 Å². The Bertz CT molecular complexity index is 883. The molecule has 2 aromatic heterocycles. The molecule has 0 atom stereocenters. The molecule has 9 nitrogen and oxygen atoms in total. The van der Waals surface area contributed by atoms with Gasteiger partial charge in [-0.3, -0.25) is 9.36 Å². The Morgan fingerprint density at radius 2 is 2.03 bits per heavy atom. The first-order chi connectivity index (χ1) is 14.0. The quantitative estimate of drug-likeness (QED) is 0.583. The lowest BCUT2D eigenvalue weighted by molar-refractivity contribution is -0.137. The minimum atomic E-state index is -0.721. The second kappa shape index (κ2) is 9.87. The lowest BCUT2D eigenvalue weighted by atomic mass is 9.92. The summed E-state index contributed by atoms with van der Waals surface area (Å²) in [4.78, 5) is 37.2. The molecule has 1 aliphatic rings. The molecule has 2 aromatic rings. The first kappa shape index (κ1) is 21.3. The van der Waals surface area contributed by atoms with Crippen LogP contribution < -0.4 is 10.4 Å². The number of nitrogens with one attached hydrogen (secondary N) is 1. The zero-order valence-corrected chi connectivity index (χ0v) is 17.3. The monoisotopic (exact) mass is 405 g/mol. The topological polar surface area (TPSA) is 113 Å². The number of imidazole rings is 1. The maximum atomic E-state index is 12.5. The number of hydrogen-bond acceptors (Lipinski definition) is 6. The van der Waals surface area contributed by atoms with Gasteiger partial charge in [0.15, 0.2) is 5.65 Å². The van der Waals surface area contributed by atoms with Gasteiger partial charge in [-0.25, -0.2) is 4.79 Å². The van der Waals surface area contributed by atoms with Gasteiger partial charge in [0.1, 0.15) is 5.52 Å². The molecule has 0 radical (unpaired) electrons. The summed E-state index contributed by atoms with van der Waals surface area (Å²) < 4.78 is 7.30. The van der Waals surface area contributed by atoms with Crippen LogP contribution in [-0.2, 0) is 11.3 Å². The molecule has 0 aliphatic carbocycles. The summed E-state index contributed by atoms with van der Waals surface area (Å²) in [5, 5.41) is 8.83.